The number of allylic oxidation sites excluding steroid dienone is 13. The number of unbranched alkanes of at least 4 members (excludes halogenated alkanes) is 22. The molecule has 0 aromatic carbocycles. The van der Waals surface area contributed by atoms with Crippen LogP contribution in [0.25, 0.3) is 0 Å². The monoisotopic (exact) mass is 877 g/mol. The van der Waals surface area contributed by atoms with Crippen LogP contribution in [0.2, 0.25) is 0 Å². The third-order valence-electron chi connectivity index (χ3n) is 10.9. The zero-order valence-corrected chi connectivity index (χ0v) is 41.1. The summed E-state index contributed by atoms with van der Waals surface area (Å²) in [6.45, 7) is 6.37. The van der Waals surface area contributed by atoms with Gasteiger partial charge in [0.15, 0.2) is 6.10 Å². The molecule has 0 radical (unpaired) electrons. The van der Waals surface area contributed by atoms with Gasteiger partial charge < -0.3 is 14.2 Å². The van der Waals surface area contributed by atoms with Gasteiger partial charge in [0.1, 0.15) is 13.2 Å². The van der Waals surface area contributed by atoms with Gasteiger partial charge in [-0.2, -0.15) is 0 Å². The Labute approximate surface area is 388 Å². The van der Waals surface area contributed by atoms with E-state index in [1.807, 2.05) is 6.08 Å². The van der Waals surface area contributed by atoms with Crippen molar-refractivity contribution >= 4 is 17.9 Å². The van der Waals surface area contributed by atoms with E-state index < -0.39 is 12.1 Å². The molecule has 0 aliphatic carbocycles. The maximum Gasteiger partial charge on any atom is 0.310 e. The normalized spacial score (nSPS) is 12.7. The van der Waals surface area contributed by atoms with Gasteiger partial charge in [-0.3, -0.25) is 14.4 Å². The highest BCUT2D eigenvalue weighted by atomic mass is 16.6. The van der Waals surface area contributed by atoms with Gasteiger partial charge in [0.25, 0.3) is 0 Å². The molecule has 6 heteroatoms. The molecule has 0 saturated heterocycles. The van der Waals surface area contributed by atoms with Gasteiger partial charge in [-0.25, -0.2) is 0 Å². The van der Waals surface area contributed by atoms with Crippen LogP contribution in [-0.4, -0.2) is 37.2 Å². The second-order valence-corrected chi connectivity index (χ2v) is 17.1. The third-order valence-corrected chi connectivity index (χ3v) is 10.9. The first-order valence-electron chi connectivity index (χ1n) is 26.1. The quantitative estimate of drug-likeness (QED) is 0.0262. The van der Waals surface area contributed by atoms with Gasteiger partial charge in [-0.15, -0.1) is 0 Å². The van der Waals surface area contributed by atoms with E-state index in [1.54, 1.807) is 6.08 Å². The largest absolute Gasteiger partial charge is 0.462 e. The fraction of sp³-hybridized carbons (Fsp3) is 0.702. The summed E-state index contributed by atoms with van der Waals surface area (Å²) < 4.78 is 16.7. The summed E-state index contributed by atoms with van der Waals surface area (Å²) in [5.41, 5.74) is 0. The molecule has 0 bridgehead atoms. The van der Waals surface area contributed by atoms with Crippen LogP contribution in [0.15, 0.2) is 85.1 Å². The van der Waals surface area contributed by atoms with E-state index in [2.05, 4.69) is 93.7 Å². The van der Waals surface area contributed by atoms with E-state index in [0.29, 0.717) is 12.8 Å². The van der Waals surface area contributed by atoms with Crippen LogP contribution in [0.5, 0.6) is 0 Å². The van der Waals surface area contributed by atoms with E-state index >= 15 is 0 Å². The Bertz CT molecular complexity index is 1240. The summed E-state index contributed by atoms with van der Waals surface area (Å²) in [4.78, 5) is 37.9. The van der Waals surface area contributed by atoms with E-state index in [4.69, 9.17) is 14.2 Å². The van der Waals surface area contributed by atoms with E-state index in [0.717, 1.165) is 103 Å². The lowest BCUT2D eigenvalue weighted by atomic mass is 10.0. The molecular weight excluding hydrogens is 781 g/mol. The Morgan fingerprint density at radius 3 is 1.11 bits per heavy atom. The predicted octanol–water partition coefficient (Wildman–Crippen LogP) is 17.2. The average molecular weight is 877 g/mol. The Balaban J connectivity index is 4.49. The van der Waals surface area contributed by atoms with Gasteiger partial charge in [-0.1, -0.05) is 234 Å². The minimum atomic E-state index is -0.834. The molecule has 0 rings (SSSR count). The Morgan fingerprint density at radius 1 is 0.349 bits per heavy atom. The average Bonchev–Trinajstić information content (AvgIpc) is 3.28. The molecule has 6 nitrogen and oxygen atoms in total. The van der Waals surface area contributed by atoms with Crippen molar-refractivity contribution in [3.05, 3.63) is 85.1 Å². The summed E-state index contributed by atoms with van der Waals surface area (Å²) in [5, 5.41) is 0. The van der Waals surface area contributed by atoms with Crippen LogP contribution < -0.4 is 0 Å². The highest BCUT2D eigenvalue weighted by Crippen LogP contribution is 2.15. The molecule has 0 spiro atoms. The SMILES string of the molecule is CC/C=C\C/C=C\C/C=C\C/C=C\C/C=C\CC(=O)OC(COC(=O)CCCCCCC/C=C\C/C=C\CCC)COC(=O)CCCCCCCCCCCCCCCCCCC. The van der Waals surface area contributed by atoms with E-state index in [-0.39, 0.29) is 31.6 Å². The van der Waals surface area contributed by atoms with Crippen LogP contribution in [0.3, 0.4) is 0 Å². The smallest absolute Gasteiger partial charge is 0.310 e. The number of rotatable bonds is 46. The zero-order valence-electron chi connectivity index (χ0n) is 41.1. The highest BCUT2D eigenvalue weighted by Gasteiger charge is 2.19. The summed E-state index contributed by atoms with van der Waals surface area (Å²) in [6.07, 6.45) is 65.9. The minimum absolute atomic E-state index is 0.0942. The van der Waals surface area contributed by atoms with Crippen molar-refractivity contribution in [2.24, 2.45) is 0 Å². The molecule has 1 unspecified atom stereocenters. The Kier molecular flexibility index (Phi) is 48.5. The summed E-state index contributed by atoms with van der Waals surface area (Å²) in [5.74, 6) is -1.06. The molecule has 0 aromatic heterocycles. The fourth-order valence-corrected chi connectivity index (χ4v) is 7.03. The number of hydrogen-bond donors (Lipinski definition) is 0. The van der Waals surface area contributed by atoms with Gasteiger partial charge in [-0.05, 0) is 70.6 Å². The highest BCUT2D eigenvalue weighted by molar-refractivity contribution is 5.72. The molecule has 0 N–H and O–H groups in total. The molecule has 0 aliphatic rings. The van der Waals surface area contributed by atoms with Crippen molar-refractivity contribution in [3.8, 4) is 0 Å². The number of carbonyl (C=O) groups excluding carboxylic acids is 3. The number of ether oxygens (including phenoxy) is 3. The molecule has 0 amide bonds. The van der Waals surface area contributed by atoms with Crippen LogP contribution in [-0.2, 0) is 28.6 Å². The van der Waals surface area contributed by atoms with Crippen molar-refractivity contribution in [1.82, 2.24) is 0 Å². The van der Waals surface area contributed by atoms with Crippen LogP contribution in [0, 0.1) is 0 Å². The van der Waals surface area contributed by atoms with Crippen LogP contribution in [0.4, 0.5) is 0 Å². The Hall–Kier alpha value is -3.41. The second-order valence-electron chi connectivity index (χ2n) is 17.1. The topological polar surface area (TPSA) is 78.9 Å². The van der Waals surface area contributed by atoms with Crippen molar-refractivity contribution in [2.75, 3.05) is 13.2 Å². The molecule has 0 aliphatic heterocycles. The molecule has 1 atom stereocenters. The van der Waals surface area contributed by atoms with Crippen LogP contribution >= 0.6 is 0 Å². The molecule has 63 heavy (non-hydrogen) atoms. The molecule has 0 saturated carbocycles. The molecule has 0 aromatic rings. The van der Waals surface area contributed by atoms with Crippen molar-refractivity contribution in [3.63, 3.8) is 0 Å². The van der Waals surface area contributed by atoms with E-state index in [9.17, 15) is 14.4 Å². The van der Waals surface area contributed by atoms with Gasteiger partial charge in [0, 0.05) is 12.8 Å². The first-order valence-corrected chi connectivity index (χ1v) is 26.1. The van der Waals surface area contributed by atoms with E-state index in [1.165, 1.54) is 96.3 Å². The molecule has 0 fully saturated rings. The summed E-state index contributed by atoms with van der Waals surface area (Å²) in [6, 6.07) is 0. The lowest BCUT2D eigenvalue weighted by molar-refractivity contribution is -0.166. The minimum Gasteiger partial charge on any atom is -0.462 e. The third kappa shape index (κ3) is 49.5. The maximum absolute atomic E-state index is 12.7. The fourth-order valence-electron chi connectivity index (χ4n) is 7.03. The zero-order chi connectivity index (χ0) is 45.8. The van der Waals surface area contributed by atoms with Crippen molar-refractivity contribution in [1.29, 1.82) is 0 Å². The lowest BCUT2D eigenvalue weighted by Crippen LogP contribution is -2.30. The van der Waals surface area contributed by atoms with Crippen molar-refractivity contribution < 1.29 is 28.6 Å². The molecule has 0 heterocycles. The first-order chi connectivity index (χ1) is 31.0. The van der Waals surface area contributed by atoms with Gasteiger partial charge in [0.05, 0.1) is 6.42 Å². The van der Waals surface area contributed by atoms with Crippen LogP contribution in [0.1, 0.15) is 239 Å². The second kappa shape index (κ2) is 51.2. The standard InChI is InChI=1S/C57H96O6/c1-4-7-10-13-16-19-22-25-27-28-30-32-35-38-41-44-47-50-56(59)62-53-54(52-61-55(58)49-46-43-40-37-34-31-24-21-18-15-12-9-6-3)63-57(60)51-48-45-42-39-36-33-29-26-23-20-17-14-11-8-5-2/h8,11-12,15,17,20-21,24,26,29,36,39,45,48,54H,4-7,9-10,13-14,16,18-19,22-23,25,27-28,30-35,37-38,40-44,46-47,49-53H2,1-3H3/b11-8-,15-12-,20-17-,24-21-,29-26-,39-36-,48-45-. The number of esters is 3. The van der Waals surface area contributed by atoms with Crippen molar-refractivity contribution in [2.45, 2.75) is 245 Å². The molecule has 360 valence electrons. The summed E-state index contributed by atoms with van der Waals surface area (Å²) in [7, 11) is 0. The first kappa shape index (κ1) is 59.6. The number of carbonyl (C=O) groups is 3. The molecular formula is C57H96O6. The lowest BCUT2D eigenvalue weighted by Gasteiger charge is -2.18. The number of hydrogen-bond acceptors (Lipinski definition) is 6. The van der Waals surface area contributed by atoms with Gasteiger partial charge in [0.2, 0.25) is 0 Å². The predicted molar refractivity (Wildman–Crippen MR) is 270 cm³/mol. The Morgan fingerprint density at radius 2 is 0.698 bits per heavy atom. The maximum atomic E-state index is 12.7. The summed E-state index contributed by atoms with van der Waals surface area (Å²) >= 11 is 0. The van der Waals surface area contributed by atoms with Gasteiger partial charge >= 0.3 is 17.9 Å².